The summed E-state index contributed by atoms with van der Waals surface area (Å²) in [6, 6.07) is 0. The number of rotatable bonds is 3. The molecule has 2 unspecified atom stereocenters. The molecule has 1 aromatic heterocycles. The third-order valence-corrected chi connectivity index (χ3v) is 4.54. The number of esters is 1. The summed E-state index contributed by atoms with van der Waals surface area (Å²) in [6.45, 7) is 10.4. The molecule has 0 bridgehead atoms. The number of pyridine rings is 1. The lowest BCUT2D eigenvalue weighted by molar-refractivity contribution is -0.154. The maximum absolute atomic E-state index is 12.3. The third kappa shape index (κ3) is 4.07. The van der Waals surface area contributed by atoms with Crippen LogP contribution in [0.15, 0.2) is 12.4 Å². The fraction of sp³-hybridized carbons (Fsp3) is 0.647. The van der Waals surface area contributed by atoms with E-state index in [-0.39, 0.29) is 12.1 Å². The first-order valence-corrected chi connectivity index (χ1v) is 8.55. The van der Waals surface area contributed by atoms with E-state index in [1.165, 1.54) is 0 Å². The van der Waals surface area contributed by atoms with Crippen LogP contribution in [0, 0.1) is 5.92 Å². The highest BCUT2D eigenvalue weighted by molar-refractivity contribution is 9.09. The van der Waals surface area contributed by atoms with Gasteiger partial charge in [0, 0.05) is 12.4 Å². The van der Waals surface area contributed by atoms with Crippen molar-refractivity contribution in [1.82, 2.24) is 4.98 Å². The molecule has 2 atom stereocenters. The molecule has 1 aliphatic heterocycles. The van der Waals surface area contributed by atoms with E-state index in [4.69, 9.17) is 9.47 Å². The van der Waals surface area contributed by atoms with Gasteiger partial charge >= 0.3 is 5.97 Å². The monoisotopic (exact) mass is 369 g/mol. The molecule has 0 saturated carbocycles. The average Bonchev–Trinajstić information content (AvgIpc) is 2.43. The van der Waals surface area contributed by atoms with Crippen molar-refractivity contribution in [2.24, 2.45) is 5.92 Å². The Labute approximate surface area is 140 Å². The van der Waals surface area contributed by atoms with Crippen molar-refractivity contribution in [3.05, 3.63) is 29.1 Å². The molecule has 0 N–H and O–H groups in total. The van der Waals surface area contributed by atoms with Gasteiger partial charge < -0.3 is 9.47 Å². The van der Waals surface area contributed by atoms with Crippen LogP contribution in [0.3, 0.4) is 0 Å². The van der Waals surface area contributed by atoms with Gasteiger partial charge in [-0.3, -0.25) is 9.78 Å². The normalized spacial score (nSPS) is 19.7. The summed E-state index contributed by atoms with van der Waals surface area (Å²) in [7, 11) is 0. The lowest BCUT2D eigenvalue weighted by atomic mass is 9.90. The van der Waals surface area contributed by atoms with E-state index in [1.807, 2.05) is 27.0 Å². The number of hydrogen-bond donors (Lipinski definition) is 0. The number of ether oxygens (including phenoxy) is 2. The first-order chi connectivity index (χ1) is 10.2. The Morgan fingerprint density at radius 3 is 2.68 bits per heavy atom. The van der Waals surface area contributed by atoms with Gasteiger partial charge in [-0.1, -0.05) is 29.8 Å². The lowest BCUT2D eigenvalue weighted by Gasteiger charge is -2.30. The van der Waals surface area contributed by atoms with E-state index in [0.29, 0.717) is 12.5 Å². The Kier molecular flexibility index (Phi) is 5.28. The predicted octanol–water partition coefficient (Wildman–Crippen LogP) is 3.96. The SMILES string of the molecule is CC(C)C1Cc2c(cncc2C(Br)C(=O)OC(C)(C)C)CO1. The van der Waals surface area contributed by atoms with Crippen LogP contribution < -0.4 is 0 Å². The van der Waals surface area contributed by atoms with Gasteiger partial charge in [0.05, 0.1) is 12.7 Å². The van der Waals surface area contributed by atoms with Crippen LogP contribution in [0.25, 0.3) is 0 Å². The first kappa shape index (κ1) is 17.4. The summed E-state index contributed by atoms with van der Waals surface area (Å²) in [5.74, 6) is 0.153. The van der Waals surface area contributed by atoms with Gasteiger partial charge in [-0.15, -0.1) is 0 Å². The second kappa shape index (κ2) is 6.67. The number of nitrogens with zero attached hydrogens (tertiary/aromatic N) is 1. The van der Waals surface area contributed by atoms with Crippen molar-refractivity contribution in [3.63, 3.8) is 0 Å². The van der Waals surface area contributed by atoms with E-state index >= 15 is 0 Å². The molecule has 2 heterocycles. The van der Waals surface area contributed by atoms with Crippen LogP contribution in [-0.2, 0) is 27.3 Å². The average molecular weight is 370 g/mol. The molecule has 0 aliphatic carbocycles. The standard InChI is InChI=1S/C17H24BrNO3/c1-10(2)14-6-12-11(9-21-14)7-19-8-13(12)15(18)16(20)22-17(3,4)5/h7-8,10,14-15H,6,9H2,1-5H3. The quantitative estimate of drug-likeness (QED) is 0.597. The van der Waals surface area contributed by atoms with Gasteiger partial charge in [0.25, 0.3) is 0 Å². The van der Waals surface area contributed by atoms with Crippen LogP contribution in [0.5, 0.6) is 0 Å². The minimum Gasteiger partial charge on any atom is -0.459 e. The second-order valence-electron chi connectivity index (χ2n) is 7.06. The van der Waals surface area contributed by atoms with Gasteiger partial charge in [-0.25, -0.2) is 0 Å². The van der Waals surface area contributed by atoms with Crippen molar-refractivity contribution >= 4 is 21.9 Å². The fourth-order valence-corrected chi connectivity index (χ4v) is 2.99. The molecule has 122 valence electrons. The topological polar surface area (TPSA) is 48.4 Å². The Bertz CT molecular complexity index is 551. The molecule has 0 radical (unpaired) electrons. The van der Waals surface area contributed by atoms with E-state index in [2.05, 4.69) is 34.8 Å². The zero-order valence-electron chi connectivity index (χ0n) is 13.9. The number of halogens is 1. The number of alkyl halides is 1. The van der Waals surface area contributed by atoms with Crippen molar-refractivity contribution in [2.45, 2.75) is 64.2 Å². The van der Waals surface area contributed by atoms with Gasteiger partial charge in [0.1, 0.15) is 10.4 Å². The van der Waals surface area contributed by atoms with Gasteiger partial charge in [-0.05, 0) is 49.8 Å². The van der Waals surface area contributed by atoms with Gasteiger partial charge in [-0.2, -0.15) is 0 Å². The number of aromatic nitrogens is 1. The predicted molar refractivity (Wildman–Crippen MR) is 88.9 cm³/mol. The smallest absolute Gasteiger partial charge is 0.324 e. The molecule has 2 rings (SSSR count). The molecule has 4 nitrogen and oxygen atoms in total. The molecule has 0 aromatic carbocycles. The molecule has 1 aliphatic rings. The van der Waals surface area contributed by atoms with Crippen LogP contribution in [-0.4, -0.2) is 22.7 Å². The van der Waals surface area contributed by atoms with Crippen molar-refractivity contribution < 1.29 is 14.3 Å². The van der Waals surface area contributed by atoms with Gasteiger partial charge in [0.15, 0.2) is 0 Å². The van der Waals surface area contributed by atoms with E-state index in [0.717, 1.165) is 23.1 Å². The molecule has 0 saturated heterocycles. The summed E-state index contributed by atoms with van der Waals surface area (Å²) in [5.41, 5.74) is 2.60. The van der Waals surface area contributed by atoms with Crippen molar-refractivity contribution in [2.75, 3.05) is 0 Å². The zero-order valence-corrected chi connectivity index (χ0v) is 15.4. The summed E-state index contributed by atoms with van der Waals surface area (Å²) in [6.07, 6.45) is 4.55. The van der Waals surface area contributed by atoms with E-state index in [9.17, 15) is 4.79 Å². The van der Waals surface area contributed by atoms with E-state index < -0.39 is 10.4 Å². The van der Waals surface area contributed by atoms with Crippen molar-refractivity contribution in [1.29, 1.82) is 0 Å². The van der Waals surface area contributed by atoms with Gasteiger partial charge in [0.2, 0.25) is 0 Å². The minimum absolute atomic E-state index is 0.173. The minimum atomic E-state index is -0.505. The maximum Gasteiger partial charge on any atom is 0.324 e. The Morgan fingerprint density at radius 1 is 1.41 bits per heavy atom. The third-order valence-electron chi connectivity index (χ3n) is 3.67. The molecule has 0 amide bonds. The fourth-order valence-electron chi connectivity index (χ4n) is 2.51. The number of hydrogen-bond acceptors (Lipinski definition) is 4. The Hall–Kier alpha value is -0.940. The van der Waals surface area contributed by atoms with Crippen LogP contribution in [0.2, 0.25) is 0 Å². The molecular formula is C17H24BrNO3. The number of carbonyl (C=O) groups is 1. The summed E-state index contributed by atoms with van der Waals surface area (Å²) in [4.78, 5) is 16.1. The highest BCUT2D eigenvalue weighted by atomic mass is 79.9. The number of carbonyl (C=O) groups excluding carboxylic acids is 1. The number of fused-ring (bicyclic) bond motifs is 1. The zero-order chi connectivity index (χ0) is 16.5. The molecule has 1 aromatic rings. The van der Waals surface area contributed by atoms with E-state index in [1.54, 1.807) is 6.20 Å². The first-order valence-electron chi connectivity index (χ1n) is 7.63. The summed E-state index contributed by atoms with van der Waals surface area (Å²) >= 11 is 3.48. The summed E-state index contributed by atoms with van der Waals surface area (Å²) in [5, 5.41) is 0. The van der Waals surface area contributed by atoms with Crippen LogP contribution in [0.4, 0.5) is 0 Å². The molecule has 0 fully saturated rings. The molecular weight excluding hydrogens is 346 g/mol. The molecule has 5 heteroatoms. The van der Waals surface area contributed by atoms with Crippen LogP contribution in [0.1, 0.15) is 56.1 Å². The molecule has 0 spiro atoms. The van der Waals surface area contributed by atoms with Crippen molar-refractivity contribution in [3.8, 4) is 0 Å². The second-order valence-corrected chi connectivity index (χ2v) is 7.98. The largest absolute Gasteiger partial charge is 0.459 e. The highest BCUT2D eigenvalue weighted by Gasteiger charge is 2.30. The van der Waals surface area contributed by atoms with Crippen LogP contribution >= 0.6 is 15.9 Å². The highest BCUT2D eigenvalue weighted by Crippen LogP contribution is 2.34. The lowest BCUT2D eigenvalue weighted by Crippen LogP contribution is -2.30. The summed E-state index contributed by atoms with van der Waals surface area (Å²) < 4.78 is 11.3. The Balaban J connectivity index is 2.27. The Morgan fingerprint density at radius 2 is 2.09 bits per heavy atom. The maximum atomic E-state index is 12.3. The molecule has 22 heavy (non-hydrogen) atoms.